The second-order valence-electron chi connectivity index (χ2n) is 9.22. The minimum atomic E-state index is -2.71. The lowest BCUT2D eigenvalue weighted by atomic mass is 10.1. The van der Waals surface area contributed by atoms with Crippen molar-refractivity contribution >= 4 is 17.1 Å². The van der Waals surface area contributed by atoms with Gasteiger partial charge in [-0.2, -0.15) is 0 Å². The molecule has 0 aromatic heterocycles. The Morgan fingerprint density at radius 3 is 1.93 bits per heavy atom. The monoisotopic (exact) mass is 432 g/mol. The van der Waals surface area contributed by atoms with Gasteiger partial charge in [0.1, 0.15) is 12.2 Å². The summed E-state index contributed by atoms with van der Waals surface area (Å²) in [7, 11) is -5.36. The van der Waals surface area contributed by atoms with Gasteiger partial charge >= 0.3 is 17.1 Å². The fraction of sp³-hybridized carbons (Fsp3) is 0.900. The Bertz CT molecular complexity index is 509. The van der Waals surface area contributed by atoms with E-state index in [1.807, 2.05) is 0 Å². The van der Waals surface area contributed by atoms with Crippen molar-refractivity contribution in [1.29, 1.82) is 0 Å². The number of hydrogen-bond acceptors (Lipinski definition) is 6. The highest BCUT2D eigenvalue weighted by Gasteiger charge is 2.62. The zero-order valence-corrected chi connectivity index (χ0v) is 20.8. The number of aliphatic hydroxyl groups is 1. The van der Waals surface area contributed by atoms with Crippen LogP contribution < -0.4 is 0 Å². The average Bonchev–Trinajstić information content (AvgIpc) is 2.78. The third-order valence-corrected chi connectivity index (χ3v) is 16.3. The Hall–Kier alpha value is -0.0662. The molecule has 2 aliphatic rings. The molecular weight excluding hydrogens is 392 g/mol. The minimum absolute atomic E-state index is 0.224. The zero-order chi connectivity index (χ0) is 21.3. The number of aliphatic hydroxyl groups excluding tert-OH is 1. The first-order valence-electron chi connectivity index (χ1n) is 10.6. The quantitative estimate of drug-likeness (QED) is 0.480. The van der Waals surface area contributed by atoms with Crippen molar-refractivity contribution in [3.8, 4) is 0 Å². The van der Waals surface area contributed by atoms with Crippen LogP contribution in [0.3, 0.4) is 0 Å². The van der Waals surface area contributed by atoms with Crippen LogP contribution in [0.15, 0.2) is 12.7 Å². The highest BCUT2D eigenvalue weighted by Crippen LogP contribution is 2.48. The molecule has 1 N–H and O–H groups in total. The summed E-state index contributed by atoms with van der Waals surface area (Å²) >= 11 is 0. The summed E-state index contributed by atoms with van der Waals surface area (Å²) in [6, 6.07) is 0. The minimum Gasteiger partial charge on any atom is -0.414 e. The molecule has 2 aliphatic heterocycles. The van der Waals surface area contributed by atoms with Gasteiger partial charge in [-0.05, 0) is 22.2 Å². The number of fused-ring (bicyclic) bond motifs is 1. The van der Waals surface area contributed by atoms with E-state index in [1.54, 1.807) is 6.08 Å². The largest absolute Gasteiger partial charge is 0.414 e. The van der Waals surface area contributed by atoms with Gasteiger partial charge in [0.05, 0.1) is 19.3 Å². The highest BCUT2D eigenvalue weighted by atomic mass is 28.5. The molecule has 164 valence electrons. The van der Waals surface area contributed by atoms with Crippen molar-refractivity contribution in [3.05, 3.63) is 12.7 Å². The molecule has 0 aromatic carbocycles. The van der Waals surface area contributed by atoms with Crippen LogP contribution in [0.2, 0.25) is 22.2 Å². The van der Waals surface area contributed by atoms with Gasteiger partial charge in [0.2, 0.25) is 0 Å². The molecule has 8 heteroatoms. The van der Waals surface area contributed by atoms with Crippen molar-refractivity contribution in [2.75, 3.05) is 13.2 Å². The maximum Gasteiger partial charge on any atom is 0.335 e. The molecule has 2 fully saturated rings. The topological polar surface area (TPSA) is 66.4 Å². The molecule has 4 atom stereocenters. The first-order valence-corrected chi connectivity index (χ1v) is 14.5. The second-order valence-corrected chi connectivity index (χ2v) is 18.0. The Morgan fingerprint density at radius 1 is 0.964 bits per heavy atom. The van der Waals surface area contributed by atoms with Crippen LogP contribution in [-0.2, 0) is 22.4 Å². The van der Waals surface area contributed by atoms with E-state index in [9.17, 15) is 5.11 Å². The number of rotatable bonds is 7. The summed E-state index contributed by atoms with van der Waals surface area (Å²) < 4.78 is 32.1. The van der Waals surface area contributed by atoms with Gasteiger partial charge in [-0.3, -0.25) is 0 Å². The molecule has 0 amide bonds. The summed E-state index contributed by atoms with van der Waals surface area (Å²) in [5, 5.41) is 11.1. The fourth-order valence-electron chi connectivity index (χ4n) is 4.41. The third-order valence-electron chi connectivity index (χ3n) is 5.98. The van der Waals surface area contributed by atoms with Gasteiger partial charge < -0.3 is 27.5 Å². The molecule has 28 heavy (non-hydrogen) atoms. The number of ether oxygens (including phenoxy) is 2. The van der Waals surface area contributed by atoms with E-state index in [-0.39, 0.29) is 28.3 Å². The van der Waals surface area contributed by atoms with Crippen LogP contribution in [-0.4, -0.2) is 60.0 Å². The average molecular weight is 433 g/mol. The lowest BCUT2D eigenvalue weighted by molar-refractivity contribution is -0.260. The van der Waals surface area contributed by atoms with Crippen molar-refractivity contribution in [1.82, 2.24) is 0 Å². The Kier molecular flexibility index (Phi) is 8.11. The van der Waals surface area contributed by atoms with Crippen molar-refractivity contribution in [2.24, 2.45) is 0 Å². The van der Waals surface area contributed by atoms with Gasteiger partial charge in [0.15, 0.2) is 6.29 Å². The van der Waals surface area contributed by atoms with E-state index >= 15 is 0 Å². The van der Waals surface area contributed by atoms with Crippen LogP contribution in [0, 0.1) is 0 Å². The summed E-state index contributed by atoms with van der Waals surface area (Å²) in [5.41, 5.74) is 0.959. The first-order chi connectivity index (χ1) is 13.0. The van der Waals surface area contributed by atoms with Gasteiger partial charge in [-0.1, -0.05) is 61.5 Å². The smallest absolute Gasteiger partial charge is 0.335 e. The summed E-state index contributed by atoms with van der Waals surface area (Å²) in [6.07, 6.45) is -0.919. The summed E-state index contributed by atoms with van der Waals surface area (Å²) in [4.78, 5) is 0. The van der Waals surface area contributed by atoms with Gasteiger partial charge in [-0.25, -0.2) is 0 Å². The molecular formula is C20H40O6Si2. The maximum absolute atomic E-state index is 11.1. The third kappa shape index (κ3) is 4.34. The second kappa shape index (κ2) is 9.38. The fourth-order valence-corrected chi connectivity index (χ4v) is 15.7. The van der Waals surface area contributed by atoms with E-state index in [0.29, 0.717) is 13.2 Å². The molecule has 0 aliphatic carbocycles. The molecule has 0 aromatic rings. The molecule has 2 heterocycles. The molecule has 0 saturated carbocycles. The Labute approximate surface area is 173 Å². The van der Waals surface area contributed by atoms with E-state index in [2.05, 4.69) is 62.0 Å². The van der Waals surface area contributed by atoms with E-state index < -0.39 is 35.6 Å². The normalized spacial score (nSPS) is 32.6. The molecule has 6 nitrogen and oxygen atoms in total. The van der Waals surface area contributed by atoms with E-state index in [4.69, 9.17) is 22.4 Å². The van der Waals surface area contributed by atoms with Crippen LogP contribution in [0.5, 0.6) is 0 Å². The van der Waals surface area contributed by atoms with Crippen molar-refractivity contribution < 1.29 is 27.5 Å². The highest BCUT2D eigenvalue weighted by molar-refractivity contribution is 6.84. The van der Waals surface area contributed by atoms with Crippen molar-refractivity contribution in [2.45, 2.75) is 102 Å². The van der Waals surface area contributed by atoms with Crippen LogP contribution in [0.1, 0.15) is 55.4 Å². The molecule has 2 saturated heterocycles. The molecule has 0 spiro atoms. The maximum atomic E-state index is 11.1. The van der Waals surface area contributed by atoms with Crippen LogP contribution in [0.4, 0.5) is 0 Å². The van der Waals surface area contributed by atoms with Gasteiger partial charge in [0, 0.05) is 0 Å². The van der Waals surface area contributed by atoms with Crippen molar-refractivity contribution in [3.63, 3.8) is 0 Å². The van der Waals surface area contributed by atoms with E-state index in [1.165, 1.54) is 0 Å². The summed E-state index contributed by atoms with van der Waals surface area (Å²) in [5.74, 6) is 0. The molecule has 0 unspecified atom stereocenters. The Balaban J connectivity index is 2.50. The zero-order valence-electron chi connectivity index (χ0n) is 18.8. The number of hydrogen-bond donors (Lipinski definition) is 1. The van der Waals surface area contributed by atoms with Crippen LogP contribution in [0.25, 0.3) is 0 Å². The molecule has 2 rings (SSSR count). The SMILES string of the molecule is C=CCO[C@H]1OC[C@H]2O[Si](C(C)C)(C(C)C)O[Si](C(C)C)(C(C)C)O[C@@H]2[C@@H]1O. The predicted octanol–water partition coefficient (Wildman–Crippen LogP) is 4.23. The standard InChI is InChI=1S/C20H40O6Si2/c1-10-11-22-20-18(21)19-17(12-23-20)24-27(13(2)3,14(4)5)26-28(25-19,15(6)7)16(8)9/h10,13-21H,1,11-12H2,2-9H3/t17-,18+,19+,20+/m1/s1. The molecule has 0 bridgehead atoms. The lowest BCUT2D eigenvalue weighted by Crippen LogP contribution is -2.60. The Morgan fingerprint density at radius 2 is 1.46 bits per heavy atom. The molecule has 0 radical (unpaired) electrons. The van der Waals surface area contributed by atoms with Crippen LogP contribution >= 0.6 is 0 Å². The van der Waals surface area contributed by atoms with E-state index in [0.717, 1.165) is 0 Å². The predicted molar refractivity (Wildman–Crippen MR) is 115 cm³/mol. The summed E-state index contributed by atoms with van der Waals surface area (Å²) in [6.45, 7) is 21.7. The van der Waals surface area contributed by atoms with Gasteiger partial charge in [0.25, 0.3) is 0 Å². The first kappa shape index (κ1) is 24.2. The lowest BCUT2D eigenvalue weighted by Gasteiger charge is -2.45. The van der Waals surface area contributed by atoms with Gasteiger partial charge in [-0.15, -0.1) is 6.58 Å².